The molecular formula is C19H22N8O2S. The van der Waals surface area contributed by atoms with Crippen molar-refractivity contribution in [3.05, 3.63) is 34.6 Å². The maximum absolute atomic E-state index is 12.0. The molecular weight excluding hydrogens is 404 g/mol. The molecule has 0 spiro atoms. The number of carbonyl (C=O) groups is 1. The number of aryl methyl sites for hydroxylation is 1. The van der Waals surface area contributed by atoms with E-state index < -0.39 is 5.91 Å². The number of morpholine rings is 1. The Balaban J connectivity index is 1.92. The Morgan fingerprint density at radius 2 is 2.33 bits per heavy atom. The lowest BCUT2D eigenvalue weighted by atomic mass is 10.1. The van der Waals surface area contributed by atoms with E-state index >= 15 is 0 Å². The number of H-pyrrole nitrogens is 1. The molecule has 156 valence electrons. The summed E-state index contributed by atoms with van der Waals surface area (Å²) in [4.78, 5) is 23.9. The topological polar surface area (TPSA) is 146 Å². The van der Waals surface area contributed by atoms with Crippen LogP contribution in [0.25, 0.3) is 10.4 Å². The van der Waals surface area contributed by atoms with Crippen molar-refractivity contribution >= 4 is 40.9 Å². The van der Waals surface area contributed by atoms with Gasteiger partial charge < -0.3 is 26.1 Å². The van der Waals surface area contributed by atoms with Gasteiger partial charge >= 0.3 is 0 Å². The highest BCUT2D eigenvalue weighted by molar-refractivity contribution is 7.15. The van der Waals surface area contributed by atoms with Gasteiger partial charge in [0.2, 0.25) is 0 Å². The highest BCUT2D eigenvalue weighted by Gasteiger charge is 2.26. The molecule has 5 N–H and O–H groups in total. The number of aromatic nitrogens is 4. The van der Waals surface area contributed by atoms with Crippen LogP contribution in [0, 0.1) is 12.3 Å². The zero-order valence-electron chi connectivity index (χ0n) is 16.6. The van der Waals surface area contributed by atoms with E-state index in [0.29, 0.717) is 53.2 Å². The van der Waals surface area contributed by atoms with Crippen molar-refractivity contribution in [2.24, 2.45) is 5.73 Å². The van der Waals surface area contributed by atoms with Gasteiger partial charge in [-0.1, -0.05) is 0 Å². The average molecular weight is 427 g/mol. The number of primary amides is 1. The van der Waals surface area contributed by atoms with Gasteiger partial charge in [0.05, 0.1) is 29.1 Å². The minimum atomic E-state index is -0.606. The van der Waals surface area contributed by atoms with Crippen LogP contribution in [0.1, 0.15) is 28.0 Å². The number of hydrogen-bond acceptors (Lipinski definition) is 9. The molecule has 0 aromatic carbocycles. The lowest BCUT2D eigenvalue weighted by Gasteiger charge is -2.35. The van der Waals surface area contributed by atoms with Crippen LogP contribution in [0.3, 0.4) is 0 Å². The van der Waals surface area contributed by atoms with Crippen LogP contribution < -0.4 is 16.0 Å². The number of nitrogens with one attached hydrogen (secondary N) is 3. The minimum absolute atomic E-state index is 0.127. The van der Waals surface area contributed by atoms with Gasteiger partial charge in [-0.3, -0.25) is 9.89 Å². The minimum Gasteiger partial charge on any atom is -0.377 e. The third-order valence-corrected chi connectivity index (χ3v) is 5.81. The summed E-state index contributed by atoms with van der Waals surface area (Å²) in [5.74, 6) is 1.14. The van der Waals surface area contributed by atoms with Crippen LogP contribution in [-0.2, 0) is 4.74 Å². The summed E-state index contributed by atoms with van der Waals surface area (Å²) in [5.41, 5.74) is 6.97. The Morgan fingerprint density at radius 1 is 1.50 bits per heavy atom. The van der Waals surface area contributed by atoms with Gasteiger partial charge in [-0.25, -0.2) is 9.97 Å². The Bertz CT molecular complexity index is 1080. The van der Waals surface area contributed by atoms with Crippen molar-refractivity contribution in [2.45, 2.75) is 19.9 Å². The fourth-order valence-corrected chi connectivity index (χ4v) is 4.37. The van der Waals surface area contributed by atoms with Gasteiger partial charge in [0.15, 0.2) is 5.82 Å². The number of nitrogens with zero attached hydrogens (tertiary/aromatic N) is 4. The molecule has 1 aliphatic heterocycles. The molecule has 1 fully saturated rings. The van der Waals surface area contributed by atoms with E-state index in [1.807, 2.05) is 13.0 Å². The zero-order chi connectivity index (χ0) is 21.3. The largest absolute Gasteiger partial charge is 0.377 e. The second kappa shape index (κ2) is 8.20. The van der Waals surface area contributed by atoms with E-state index in [-0.39, 0.29) is 11.7 Å². The summed E-state index contributed by atoms with van der Waals surface area (Å²) in [6, 6.07) is 3.78. The highest BCUT2D eigenvalue weighted by atomic mass is 32.1. The quantitative estimate of drug-likeness (QED) is 0.442. The fourth-order valence-electron chi connectivity index (χ4n) is 3.41. The summed E-state index contributed by atoms with van der Waals surface area (Å²) in [7, 11) is 0. The number of amides is 1. The van der Waals surface area contributed by atoms with Crippen LogP contribution in [0.2, 0.25) is 0 Å². The van der Waals surface area contributed by atoms with Crippen molar-refractivity contribution in [2.75, 3.05) is 30.0 Å². The third kappa shape index (κ3) is 3.76. The molecule has 10 nitrogen and oxygen atoms in total. The molecule has 0 aliphatic carbocycles. The van der Waals surface area contributed by atoms with E-state index in [0.717, 1.165) is 5.01 Å². The lowest BCUT2D eigenvalue weighted by Crippen LogP contribution is -2.44. The molecule has 0 radical (unpaired) electrons. The third-order valence-electron chi connectivity index (χ3n) is 4.81. The van der Waals surface area contributed by atoms with Crippen LogP contribution in [0.15, 0.2) is 18.3 Å². The Hall–Kier alpha value is -3.31. The normalized spacial score (nSPS) is 16.5. The number of aromatic amines is 1. The van der Waals surface area contributed by atoms with Gasteiger partial charge in [-0.15, -0.1) is 11.3 Å². The summed E-state index contributed by atoms with van der Waals surface area (Å²) in [6.45, 7) is 5.76. The maximum Gasteiger partial charge on any atom is 0.268 e. The van der Waals surface area contributed by atoms with Gasteiger partial charge in [0, 0.05) is 36.1 Å². The second-order valence-corrected chi connectivity index (χ2v) is 8.11. The first-order valence-corrected chi connectivity index (χ1v) is 10.2. The summed E-state index contributed by atoms with van der Waals surface area (Å²) < 4.78 is 5.56. The summed E-state index contributed by atoms with van der Waals surface area (Å²) in [6.07, 6.45) is 2.91. The van der Waals surface area contributed by atoms with E-state index in [1.165, 1.54) is 17.6 Å². The molecule has 0 unspecified atom stereocenters. The molecule has 0 bridgehead atoms. The van der Waals surface area contributed by atoms with Gasteiger partial charge in [-0.05, 0) is 19.9 Å². The predicted octanol–water partition coefficient (Wildman–Crippen LogP) is 2.30. The van der Waals surface area contributed by atoms with Crippen LogP contribution in [0.4, 0.5) is 17.5 Å². The molecule has 11 heteroatoms. The van der Waals surface area contributed by atoms with E-state index in [4.69, 9.17) is 20.9 Å². The standard InChI is InChI=1S/C19H22N8O2S/c1-10-9-29-6-5-27(10)15-7-12(17-16(18(21)28)23-11(2)30-17)13(8-20)19(25-15)24-14-3-4-22-26-14/h3-4,7-8,10,20H,5-6,9H2,1-2H3,(H2,21,28)(H2,22,24,25,26)/t10-/m1/s1. The molecule has 4 heterocycles. The van der Waals surface area contributed by atoms with E-state index in [1.54, 1.807) is 12.3 Å². The maximum atomic E-state index is 12.0. The van der Waals surface area contributed by atoms with Crippen molar-refractivity contribution in [1.29, 1.82) is 5.41 Å². The predicted molar refractivity (Wildman–Crippen MR) is 116 cm³/mol. The van der Waals surface area contributed by atoms with Crippen molar-refractivity contribution in [3.63, 3.8) is 0 Å². The van der Waals surface area contributed by atoms with Gasteiger partial charge in [0.1, 0.15) is 17.3 Å². The molecule has 1 aliphatic rings. The van der Waals surface area contributed by atoms with Gasteiger partial charge in [-0.2, -0.15) is 5.10 Å². The van der Waals surface area contributed by atoms with E-state index in [9.17, 15) is 4.79 Å². The number of ether oxygens (including phenoxy) is 1. The number of thiazole rings is 1. The first-order chi connectivity index (χ1) is 14.5. The number of pyridine rings is 1. The molecule has 1 atom stereocenters. The number of nitrogens with two attached hydrogens (primary N) is 1. The molecule has 1 amide bonds. The molecule has 4 rings (SSSR count). The Kier molecular flexibility index (Phi) is 5.46. The van der Waals surface area contributed by atoms with Crippen molar-refractivity contribution in [1.82, 2.24) is 20.2 Å². The van der Waals surface area contributed by atoms with E-state index in [2.05, 4.69) is 32.3 Å². The first-order valence-electron chi connectivity index (χ1n) is 9.42. The van der Waals surface area contributed by atoms with Crippen molar-refractivity contribution in [3.8, 4) is 10.4 Å². The molecule has 3 aromatic heterocycles. The lowest BCUT2D eigenvalue weighted by molar-refractivity contribution is 0.0985. The second-order valence-electron chi connectivity index (χ2n) is 6.91. The molecule has 0 saturated carbocycles. The van der Waals surface area contributed by atoms with Crippen LogP contribution in [-0.4, -0.2) is 58.1 Å². The number of hydrogen-bond donors (Lipinski definition) is 4. The zero-order valence-corrected chi connectivity index (χ0v) is 17.4. The van der Waals surface area contributed by atoms with Crippen LogP contribution >= 0.6 is 11.3 Å². The summed E-state index contributed by atoms with van der Waals surface area (Å²) >= 11 is 1.36. The molecule has 30 heavy (non-hydrogen) atoms. The highest BCUT2D eigenvalue weighted by Crippen LogP contribution is 2.37. The smallest absolute Gasteiger partial charge is 0.268 e. The Morgan fingerprint density at radius 3 is 3.00 bits per heavy atom. The number of carbonyl (C=O) groups excluding carboxylic acids is 1. The number of anilines is 3. The molecule has 3 aromatic rings. The van der Waals surface area contributed by atoms with Crippen LogP contribution in [0.5, 0.6) is 0 Å². The monoisotopic (exact) mass is 426 g/mol. The molecule has 1 saturated heterocycles. The number of rotatable bonds is 6. The van der Waals surface area contributed by atoms with Crippen molar-refractivity contribution < 1.29 is 9.53 Å². The fraction of sp³-hybridized carbons (Fsp3) is 0.316. The van der Waals surface area contributed by atoms with Gasteiger partial charge in [0.25, 0.3) is 5.91 Å². The SMILES string of the molecule is Cc1nc(C(N)=O)c(-c2cc(N3CCOC[C@H]3C)nc(Nc3cc[nH]n3)c2C=N)s1. The summed E-state index contributed by atoms with van der Waals surface area (Å²) in [5, 5.41) is 18.8. The average Bonchev–Trinajstić information content (AvgIpc) is 3.37. The Labute approximate surface area is 177 Å². The first kappa shape index (κ1) is 20.0.